The molecule has 26 heavy (non-hydrogen) atoms. The minimum atomic E-state index is -0.494. The lowest BCUT2D eigenvalue weighted by atomic mass is 10.0. The van der Waals surface area contributed by atoms with Crippen molar-refractivity contribution < 1.29 is 9.18 Å². The lowest BCUT2D eigenvalue weighted by molar-refractivity contribution is 0.0941. The van der Waals surface area contributed by atoms with Gasteiger partial charge in [-0.05, 0) is 53.7 Å². The second kappa shape index (κ2) is 6.38. The molecule has 3 aromatic carbocycles. The molecule has 0 radical (unpaired) electrons. The predicted molar refractivity (Wildman–Crippen MR) is 103 cm³/mol. The molecule has 0 fully saturated rings. The molecule has 0 aliphatic heterocycles. The van der Waals surface area contributed by atoms with E-state index in [0.29, 0.717) is 15.8 Å². The van der Waals surface area contributed by atoms with Crippen LogP contribution in [-0.4, -0.2) is 15.9 Å². The average Bonchev–Trinajstić information content (AvgIpc) is 3.00. The molecule has 6 heteroatoms. The Bertz CT molecular complexity index is 1190. The summed E-state index contributed by atoms with van der Waals surface area (Å²) >= 11 is 5.05. The Labute approximate surface area is 154 Å². The van der Waals surface area contributed by atoms with Crippen molar-refractivity contribution in [1.29, 1.82) is 0 Å². The van der Waals surface area contributed by atoms with Crippen molar-refractivity contribution in [3.05, 3.63) is 76.3 Å². The van der Waals surface area contributed by atoms with E-state index in [1.807, 2.05) is 49.4 Å². The molecule has 0 saturated heterocycles. The van der Waals surface area contributed by atoms with E-state index >= 15 is 0 Å². The number of nitrogens with one attached hydrogen (secondary N) is 3. The number of hydrogen-bond acceptors (Lipinski definition) is 2. The molecule has 1 atom stereocenters. The Morgan fingerprint density at radius 1 is 1.08 bits per heavy atom. The lowest BCUT2D eigenvalue weighted by Gasteiger charge is -2.15. The number of carbonyl (C=O) groups excluding carboxylic acids is 1. The third kappa shape index (κ3) is 2.99. The van der Waals surface area contributed by atoms with Crippen LogP contribution in [0.15, 0.2) is 54.6 Å². The van der Waals surface area contributed by atoms with E-state index in [9.17, 15) is 9.18 Å². The summed E-state index contributed by atoms with van der Waals surface area (Å²) in [6, 6.07) is 16.4. The monoisotopic (exact) mass is 365 g/mol. The molecule has 1 unspecified atom stereocenters. The van der Waals surface area contributed by atoms with Crippen LogP contribution in [0.2, 0.25) is 0 Å². The molecule has 1 aromatic heterocycles. The number of benzene rings is 3. The number of halogens is 1. The van der Waals surface area contributed by atoms with Gasteiger partial charge in [0.25, 0.3) is 5.91 Å². The Balaban J connectivity index is 1.66. The zero-order chi connectivity index (χ0) is 18.3. The van der Waals surface area contributed by atoms with Gasteiger partial charge in [-0.1, -0.05) is 36.4 Å². The smallest absolute Gasteiger partial charge is 0.254 e. The van der Waals surface area contributed by atoms with Crippen molar-refractivity contribution in [2.45, 2.75) is 13.0 Å². The highest BCUT2D eigenvalue weighted by Crippen LogP contribution is 2.22. The van der Waals surface area contributed by atoms with Gasteiger partial charge in [-0.3, -0.25) is 4.79 Å². The Hall–Kier alpha value is -2.99. The number of rotatable bonds is 3. The van der Waals surface area contributed by atoms with Crippen molar-refractivity contribution in [2.24, 2.45) is 0 Å². The van der Waals surface area contributed by atoms with Crippen LogP contribution in [0.5, 0.6) is 0 Å². The topological polar surface area (TPSA) is 60.7 Å². The molecule has 0 aliphatic rings. The van der Waals surface area contributed by atoms with Crippen LogP contribution in [0.3, 0.4) is 0 Å². The van der Waals surface area contributed by atoms with Crippen LogP contribution in [-0.2, 0) is 0 Å². The molecule has 0 bridgehead atoms. The van der Waals surface area contributed by atoms with Crippen LogP contribution < -0.4 is 5.32 Å². The fourth-order valence-electron chi connectivity index (χ4n) is 3.12. The van der Waals surface area contributed by atoms with E-state index in [4.69, 9.17) is 12.2 Å². The van der Waals surface area contributed by atoms with E-state index in [1.165, 1.54) is 12.1 Å². The summed E-state index contributed by atoms with van der Waals surface area (Å²) in [5.41, 5.74) is 2.17. The summed E-state index contributed by atoms with van der Waals surface area (Å²) in [4.78, 5) is 18.5. The van der Waals surface area contributed by atoms with Gasteiger partial charge in [-0.25, -0.2) is 4.39 Å². The SMILES string of the molecule is CC(NC(=O)c1cc(F)cc2[nH]c(=S)[nH]c12)c1ccc2ccccc2c1. The van der Waals surface area contributed by atoms with Gasteiger partial charge in [0.1, 0.15) is 5.82 Å². The molecule has 4 rings (SSSR count). The summed E-state index contributed by atoms with van der Waals surface area (Å²) in [5, 5.41) is 5.18. The standard InChI is InChI=1S/C20H16FN3OS/c1-11(13-7-6-12-4-2-3-5-14(12)8-13)22-19(25)16-9-15(21)10-17-18(16)24-20(26)23-17/h2-11H,1H3,(H,22,25)(H2,23,24,26). The van der Waals surface area contributed by atoms with E-state index in [0.717, 1.165) is 16.3 Å². The number of aromatic amines is 2. The number of fused-ring (bicyclic) bond motifs is 2. The van der Waals surface area contributed by atoms with Crippen LogP contribution >= 0.6 is 12.2 Å². The fraction of sp³-hybridized carbons (Fsp3) is 0.100. The Morgan fingerprint density at radius 3 is 2.65 bits per heavy atom. The van der Waals surface area contributed by atoms with Gasteiger partial charge in [0, 0.05) is 0 Å². The number of aromatic nitrogens is 2. The molecular weight excluding hydrogens is 349 g/mol. The van der Waals surface area contributed by atoms with E-state index in [-0.39, 0.29) is 17.5 Å². The first-order valence-corrected chi connectivity index (χ1v) is 8.63. The minimum absolute atomic E-state index is 0.222. The van der Waals surface area contributed by atoms with E-state index in [1.54, 1.807) is 0 Å². The molecule has 4 nitrogen and oxygen atoms in total. The highest BCUT2D eigenvalue weighted by molar-refractivity contribution is 7.71. The summed E-state index contributed by atoms with van der Waals surface area (Å²) in [6.45, 7) is 1.90. The molecule has 0 saturated carbocycles. The summed E-state index contributed by atoms with van der Waals surface area (Å²) in [7, 11) is 0. The predicted octanol–water partition coefficient (Wildman–Crippen LogP) is 5.01. The van der Waals surface area contributed by atoms with Crippen molar-refractivity contribution in [3.8, 4) is 0 Å². The third-order valence-electron chi connectivity index (χ3n) is 4.46. The van der Waals surface area contributed by atoms with Crippen molar-refractivity contribution in [1.82, 2.24) is 15.3 Å². The maximum Gasteiger partial charge on any atom is 0.254 e. The molecule has 4 aromatic rings. The van der Waals surface area contributed by atoms with Gasteiger partial charge in [0.15, 0.2) is 4.77 Å². The fourth-order valence-corrected chi connectivity index (χ4v) is 3.33. The number of imidazole rings is 1. The van der Waals surface area contributed by atoms with Crippen LogP contribution in [0, 0.1) is 10.6 Å². The first-order chi connectivity index (χ1) is 12.5. The second-order valence-electron chi connectivity index (χ2n) is 6.26. The number of hydrogen-bond donors (Lipinski definition) is 3. The first-order valence-electron chi connectivity index (χ1n) is 8.22. The van der Waals surface area contributed by atoms with Gasteiger partial charge in [-0.2, -0.15) is 0 Å². The van der Waals surface area contributed by atoms with Crippen molar-refractivity contribution in [2.75, 3.05) is 0 Å². The van der Waals surface area contributed by atoms with Gasteiger partial charge in [-0.15, -0.1) is 0 Å². The maximum absolute atomic E-state index is 13.9. The normalized spacial score (nSPS) is 12.4. The molecule has 1 amide bonds. The lowest BCUT2D eigenvalue weighted by Crippen LogP contribution is -2.27. The van der Waals surface area contributed by atoms with Crippen LogP contribution in [0.25, 0.3) is 21.8 Å². The van der Waals surface area contributed by atoms with Gasteiger partial charge < -0.3 is 15.3 Å². The van der Waals surface area contributed by atoms with E-state index < -0.39 is 5.82 Å². The van der Waals surface area contributed by atoms with Crippen molar-refractivity contribution in [3.63, 3.8) is 0 Å². The summed E-state index contributed by atoms with van der Waals surface area (Å²) in [6.07, 6.45) is 0. The number of amides is 1. The second-order valence-corrected chi connectivity index (χ2v) is 6.67. The van der Waals surface area contributed by atoms with Crippen molar-refractivity contribution >= 4 is 39.9 Å². The highest BCUT2D eigenvalue weighted by Gasteiger charge is 2.17. The molecule has 1 heterocycles. The van der Waals surface area contributed by atoms with Crippen LogP contribution in [0.4, 0.5) is 4.39 Å². The summed E-state index contributed by atoms with van der Waals surface area (Å²) < 4.78 is 14.2. The van der Waals surface area contributed by atoms with Gasteiger partial charge in [0.2, 0.25) is 0 Å². The zero-order valence-corrected chi connectivity index (χ0v) is 14.8. The zero-order valence-electron chi connectivity index (χ0n) is 14.0. The van der Waals surface area contributed by atoms with Crippen LogP contribution in [0.1, 0.15) is 28.9 Å². The quantitative estimate of drug-likeness (QED) is 0.447. The number of H-pyrrole nitrogens is 2. The molecule has 130 valence electrons. The molecule has 3 N–H and O–H groups in total. The minimum Gasteiger partial charge on any atom is -0.345 e. The highest BCUT2D eigenvalue weighted by atomic mass is 32.1. The largest absolute Gasteiger partial charge is 0.345 e. The third-order valence-corrected chi connectivity index (χ3v) is 4.66. The molecule has 0 aliphatic carbocycles. The Kier molecular flexibility index (Phi) is 4.05. The maximum atomic E-state index is 13.9. The van der Waals surface area contributed by atoms with E-state index in [2.05, 4.69) is 15.3 Å². The first kappa shape index (κ1) is 16.5. The Morgan fingerprint density at radius 2 is 1.85 bits per heavy atom. The van der Waals surface area contributed by atoms with Gasteiger partial charge >= 0.3 is 0 Å². The van der Waals surface area contributed by atoms with Gasteiger partial charge in [0.05, 0.1) is 22.6 Å². The average molecular weight is 365 g/mol. The summed E-state index contributed by atoms with van der Waals surface area (Å²) in [5.74, 6) is -0.855. The number of carbonyl (C=O) groups is 1. The molecular formula is C20H16FN3OS. The molecule has 0 spiro atoms.